The molecule has 24 heavy (non-hydrogen) atoms. The lowest BCUT2D eigenvalue weighted by atomic mass is 10.0. The molecule has 1 atom stereocenters. The van der Waals surface area contributed by atoms with E-state index in [0.717, 1.165) is 6.42 Å². The van der Waals surface area contributed by atoms with Gasteiger partial charge in [-0.05, 0) is 18.1 Å². The van der Waals surface area contributed by atoms with E-state index < -0.39 is 17.8 Å². The highest BCUT2D eigenvalue weighted by Gasteiger charge is 2.19. The van der Waals surface area contributed by atoms with E-state index in [9.17, 15) is 14.0 Å². The van der Waals surface area contributed by atoms with Crippen molar-refractivity contribution in [2.75, 3.05) is 6.54 Å². The summed E-state index contributed by atoms with van der Waals surface area (Å²) in [6, 6.07) is 6.43. The topological polar surface area (TPSA) is 79.3 Å². The van der Waals surface area contributed by atoms with Crippen LogP contribution in [0.1, 0.15) is 40.8 Å². The van der Waals surface area contributed by atoms with Crippen LogP contribution < -0.4 is 5.32 Å². The second-order valence-corrected chi connectivity index (χ2v) is 6.37. The number of amides is 1. The van der Waals surface area contributed by atoms with Crippen molar-refractivity contribution in [1.82, 2.24) is 10.3 Å². The highest BCUT2D eigenvalue weighted by molar-refractivity contribution is 7.09. The number of carbonyl (C=O) groups excluding carboxylic acids is 1. The summed E-state index contributed by atoms with van der Waals surface area (Å²) in [7, 11) is 0. The molecule has 0 aliphatic carbocycles. The summed E-state index contributed by atoms with van der Waals surface area (Å²) < 4.78 is 13.6. The number of rotatable bonds is 8. The first-order chi connectivity index (χ1) is 11.5. The lowest BCUT2D eigenvalue weighted by Crippen LogP contribution is -2.33. The quantitative estimate of drug-likeness (QED) is 0.767. The molecule has 1 aromatic carbocycles. The van der Waals surface area contributed by atoms with Gasteiger partial charge in [0.1, 0.15) is 11.5 Å². The Bertz CT molecular complexity index is 717. The van der Waals surface area contributed by atoms with Crippen LogP contribution in [0.3, 0.4) is 0 Å². The van der Waals surface area contributed by atoms with E-state index in [1.807, 2.05) is 6.92 Å². The Labute approximate surface area is 143 Å². The molecular formula is C17H19FN2O3S. The van der Waals surface area contributed by atoms with Crippen molar-refractivity contribution in [3.8, 4) is 0 Å². The van der Waals surface area contributed by atoms with Crippen LogP contribution in [-0.2, 0) is 11.2 Å². The highest BCUT2D eigenvalue weighted by atomic mass is 32.1. The van der Waals surface area contributed by atoms with Crippen molar-refractivity contribution >= 4 is 23.2 Å². The second kappa shape index (κ2) is 8.54. The average molecular weight is 350 g/mol. The smallest absolute Gasteiger partial charge is 0.308 e. The molecule has 0 bridgehead atoms. The molecule has 2 rings (SSSR count). The zero-order valence-electron chi connectivity index (χ0n) is 13.3. The number of halogens is 1. The van der Waals surface area contributed by atoms with Gasteiger partial charge in [0.25, 0.3) is 5.91 Å². The summed E-state index contributed by atoms with van der Waals surface area (Å²) in [5.41, 5.74) is 0.750. The minimum atomic E-state index is -0.921. The van der Waals surface area contributed by atoms with E-state index in [1.165, 1.54) is 17.4 Å². The van der Waals surface area contributed by atoms with E-state index in [-0.39, 0.29) is 18.1 Å². The Balaban J connectivity index is 1.96. The number of carbonyl (C=O) groups is 2. The molecule has 128 valence electrons. The van der Waals surface area contributed by atoms with Gasteiger partial charge in [-0.3, -0.25) is 9.59 Å². The Kier molecular flexibility index (Phi) is 6.43. The third kappa shape index (κ3) is 4.86. The fourth-order valence-corrected chi connectivity index (χ4v) is 3.07. The van der Waals surface area contributed by atoms with Crippen molar-refractivity contribution in [3.05, 3.63) is 51.7 Å². The molecular weight excluding hydrogens is 331 g/mol. The average Bonchev–Trinajstić information content (AvgIpc) is 3.01. The number of hydrogen-bond donors (Lipinski definition) is 2. The summed E-state index contributed by atoms with van der Waals surface area (Å²) in [4.78, 5) is 27.4. The van der Waals surface area contributed by atoms with Crippen LogP contribution in [0.25, 0.3) is 0 Å². The number of aliphatic carboxylic acids is 1. The first-order valence-electron chi connectivity index (χ1n) is 7.70. The zero-order chi connectivity index (χ0) is 17.5. The van der Waals surface area contributed by atoms with Gasteiger partial charge in [-0.25, -0.2) is 9.37 Å². The summed E-state index contributed by atoms with van der Waals surface area (Å²) >= 11 is 1.28. The highest BCUT2D eigenvalue weighted by Crippen LogP contribution is 2.17. The number of aromatic nitrogens is 1. The van der Waals surface area contributed by atoms with Crippen LogP contribution in [-0.4, -0.2) is 28.5 Å². The maximum Gasteiger partial charge on any atom is 0.308 e. The predicted octanol–water partition coefficient (Wildman–Crippen LogP) is 3.10. The molecule has 1 aromatic heterocycles. The Morgan fingerprint density at radius 1 is 1.38 bits per heavy atom. The van der Waals surface area contributed by atoms with E-state index >= 15 is 0 Å². The summed E-state index contributed by atoms with van der Waals surface area (Å²) in [6.45, 7) is 1.97. The Morgan fingerprint density at radius 3 is 2.79 bits per heavy atom. The normalized spacial score (nSPS) is 11.9. The lowest BCUT2D eigenvalue weighted by Gasteiger charge is -2.11. The number of thiazole rings is 1. The molecule has 0 aliphatic rings. The van der Waals surface area contributed by atoms with Gasteiger partial charge in [-0.15, -0.1) is 11.3 Å². The fourth-order valence-electron chi connectivity index (χ4n) is 2.27. The largest absolute Gasteiger partial charge is 0.481 e. The Hall–Kier alpha value is -2.28. The molecule has 7 heteroatoms. The van der Waals surface area contributed by atoms with Gasteiger partial charge in [-0.1, -0.05) is 31.5 Å². The van der Waals surface area contributed by atoms with E-state index in [2.05, 4.69) is 10.3 Å². The van der Waals surface area contributed by atoms with Crippen molar-refractivity contribution in [2.45, 2.75) is 26.2 Å². The lowest BCUT2D eigenvalue weighted by molar-refractivity contribution is -0.141. The molecule has 0 saturated heterocycles. The van der Waals surface area contributed by atoms with Gasteiger partial charge in [0.2, 0.25) is 0 Å². The van der Waals surface area contributed by atoms with Gasteiger partial charge < -0.3 is 10.4 Å². The molecule has 0 spiro atoms. The fraction of sp³-hybridized carbons (Fsp3) is 0.353. The molecule has 5 nitrogen and oxygen atoms in total. The van der Waals surface area contributed by atoms with Gasteiger partial charge in [0.15, 0.2) is 0 Å². The first-order valence-corrected chi connectivity index (χ1v) is 8.58. The molecule has 0 radical (unpaired) electrons. The van der Waals surface area contributed by atoms with E-state index in [1.54, 1.807) is 23.6 Å². The Morgan fingerprint density at radius 2 is 2.12 bits per heavy atom. The third-order valence-electron chi connectivity index (χ3n) is 3.58. The number of benzene rings is 1. The van der Waals surface area contributed by atoms with Gasteiger partial charge in [-0.2, -0.15) is 0 Å². The molecule has 1 unspecified atom stereocenters. The van der Waals surface area contributed by atoms with Crippen LogP contribution in [0.15, 0.2) is 29.6 Å². The van der Waals surface area contributed by atoms with Crippen LogP contribution in [0.2, 0.25) is 0 Å². The number of carboxylic acids is 1. The number of nitrogens with zero attached hydrogens (tertiary/aromatic N) is 1. The number of nitrogens with one attached hydrogen (secondary N) is 1. The summed E-state index contributed by atoms with van der Waals surface area (Å²) in [5, 5.41) is 13.9. The molecule has 0 saturated carbocycles. The molecule has 0 fully saturated rings. The molecule has 1 amide bonds. The number of hydrogen-bond acceptors (Lipinski definition) is 4. The maximum absolute atomic E-state index is 13.6. The third-order valence-corrected chi connectivity index (χ3v) is 4.43. The standard InChI is InChI=1S/C17H19FN2O3S/c1-2-5-12(17(22)23)9-19-16(21)14-10-24-15(20-14)8-11-6-3-4-7-13(11)18/h3-4,6-7,10,12H,2,5,8-9H2,1H3,(H,19,21)(H,22,23). The van der Waals surface area contributed by atoms with Gasteiger partial charge >= 0.3 is 5.97 Å². The van der Waals surface area contributed by atoms with Crippen LogP contribution in [0.4, 0.5) is 4.39 Å². The van der Waals surface area contributed by atoms with E-state index in [4.69, 9.17) is 5.11 Å². The van der Waals surface area contributed by atoms with Gasteiger partial charge in [0.05, 0.1) is 10.9 Å². The van der Waals surface area contributed by atoms with Crippen LogP contribution in [0.5, 0.6) is 0 Å². The molecule has 0 aliphatic heterocycles. The van der Waals surface area contributed by atoms with Crippen molar-refractivity contribution < 1.29 is 19.1 Å². The van der Waals surface area contributed by atoms with Crippen molar-refractivity contribution in [2.24, 2.45) is 5.92 Å². The second-order valence-electron chi connectivity index (χ2n) is 5.43. The van der Waals surface area contributed by atoms with Crippen molar-refractivity contribution in [1.29, 1.82) is 0 Å². The minimum absolute atomic E-state index is 0.0716. The number of carboxylic acid groups (broad SMARTS) is 1. The first kappa shape index (κ1) is 18.1. The zero-order valence-corrected chi connectivity index (χ0v) is 14.1. The predicted molar refractivity (Wildman–Crippen MR) is 89.7 cm³/mol. The SMILES string of the molecule is CCCC(CNC(=O)c1csc(Cc2ccccc2F)n1)C(=O)O. The van der Waals surface area contributed by atoms with Crippen molar-refractivity contribution in [3.63, 3.8) is 0 Å². The monoisotopic (exact) mass is 350 g/mol. The molecule has 2 N–H and O–H groups in total. The van der Waals surface area contributed by atoms with Crippen LogP contribution >= 0.6 is 11.3 Å². The minimum Gasteiger partial charge on any atom is -0.481 e. The van der Waals surface area contributed by atoms with Crippen LogP contribution in [0, 0.1) is 11.7 Å². The molecule has 1 heterocycles. The maximum atomic E-state index is 13.6. The summed E-state index contributed by atoms with van der Waals surface area (Å²) in [5.74, 6) is -2.23. The van der Waals surface area contributed by atoms with E-state index in [0.29, 0.717) is 23.4 Å². The van der Waals surface area contributed by atoms with Gasteiger partial charge in [0, 0.05) is 18.3 Å². The summed E-state index contributed by atoms with van der Waals surface area (Å²) in [6.07, 6.45) is 1.56. The molecule has 2 aromatic rings.